The van der Waals surface area contributed by atoms with Crippen LogP contribution in [-0.4, -0.2) is 53.0 Å². The third-order valence-electron chi connectivity index (χ3n) is 7.51. The van der Waals surface area contributed by atoms with E-state index in [1.165, 1.54) is 6.42 Å². The molecule has 2 bridgehead atoms. The number of hydrogen-bond acceptors (Lipinski definition) is 4. The number of nitrogens with one attached hydrogen (secondary N) is 2. The lowest BCUT2D eigenvalue weighted by Gasteiger charge is -2.33. The number of rotatable bonds is 7. The second-order valence-electron chi connectivity index (χ2n) is 9.53. The maximum Gasteiger partial charge on any atom is 0.246 e. The molecule has 5 unspecified atom stereocenters. The van der Waals surface area contributed by atoms with Crippen molar-refractivity contribution >= 4 is 17.7 Å². The molecule has 1 saturated carbocycles. The lowest BCUT2D eigenvalue weighted by Crippen LogP contribution is -2.56. The predicted octanol–water partition coefficient (Wildman–Crippen LogP) is 2.09. The fourth-order valence-corrected chi connectivity index (χ4v) is 6.03. The standard InChI is InChI=1S/C26H31N3O4/c1-2-15-29-22(24(31)28-18-11-7-4-8-12-18)26-14-13-19(33-26)20(21(26)25(29)32)23(30)27-16-17-9-5-3-6-10-17/h2-3,5-6,9-10,13-14,18-22H,1,4,7-8,11-12,15-16H2,(H,27,30)(H,28,31). The van der Waals surface area contributed by atoms with Crippen molar-refractivity contribution in [3.8, 4) is 0 Å². The lowest BCUT2D eigenvalue weighted by atomic mass is 9.74. The first-order valence-electron chi connectivity index (χ1n) is 12.0. The van der Waals surface area contributed by atoms with Crippen LogP contribution in [-0.2, 0) is 25.7 Å². The molecule has 3 amide bonds. The molecule has 0 radical (unpaired) electrons. The van der Waals surface area contributed by atoms with Gasteiger partial charge in [-0.15, -0.1) is 6.58 Å². The lowest BCUT2D eigenvalue weighted by molar-refractivity contribution is -0.141. The molecule has 1 aliphatic carbocycles. The molecule has 2 N–H and O–H groups in total. The fraction of sp³-hybridized carbons (Fsp3) is 0.500. The van der Waals surface area contributed by atoms with Gasteiger partial charge in [-0.3, -0.25) is 14.4 Å². The van der Waals surface area contributed by atoms with E-state index in [0.717, 1.165) is 31.2 Å². The van der Waals surface area contributed by atoms with E-state index in [9.17, 15) is 14.4 Å². The highest BCUT2D eigenvalue weighted by molar-refractivity contribution is 6.00. The van der Waals surface area contributed by atoms with Gasteiger partial charge in [-0.05, 0) is 18.4 Å². The molecule has 3 aliphatic heterocycles. The molecule has 0 aromatic heterocycles. The van der Waals surface area contributed by atoms with E-state index in [4.69, 9.17) is 4.74 Å². The van der Waals surface area contributed by atoms with Crippen molar-refractivity contribution in [1.29, 1.82) is 0 Å². The summed E-state index contributed by atoms with van der Waals surface area (Å²) in [4.78, 5) is 41.8. The summed E-state index contributed by atoms with van der Waals surface area (Å²) in [5, 5.41) is 6.14. The van der Waals surface area contributed by atoms with Crippen LogP contribution in [0.15, 0.2) is 55.1 Å². The molecule has 1 aromatic carbocycles. The number of carbonyl (C=O) groups excluding carboxylic acids is 3. The van der Waals surface area contributed by atoms with Crippen molar-refractivity contribution in [1.82, 2.24) is 15.5 Å². The fourth-order valence-electron chi connectivity index (χ4n) is 6.03. The Bertz CT molecular complexity index is 971. The maximum atomic E-state index is 13.6. The van der Waals surface area contributed by atoms with Crippen molar-refractivity contribution < 1.29 is 19.1 Å². The van der Waals surface area contributed by atoms with Gasteiger partial charge in [0.25, 0.3) is 0 Å². The minimum atomic E-state index is -1.11. The summed E-state index contributed by atoms with van der Waals surface area (Å²) in [6.07, 6.45) is 10.1. The van der Waals surface area contributed by atoms with Crippen molar-refractivity contribution in [2.45, 2.75) is 62.4 Å². The van der Waals surface area contributed by atoms with Crippen LogP contribution in [0.2, 0.25) is 0 Å². The molecule has 5 rings (SSSR count). The summed E-state index contributed by atoms with van der Waals surface area (Å²) in [5.41, 5.74) is -0.130. The molecule has 1 spiro atoms. The highest BCUT2D eigenvalue weighted by Gasteiger charge is 2.72. The van der Waals surface area contributed by atoms with Gasteiger partial charge in [0.15, 0.2) is 0 Å². The maximum absolute atomic E-state index is 13.6. The van der Waals surface area contributed by atoms with Crippen LogP contribution < -0.4 is 10.6 Å². The van der Waals surface area contributed by atoms with Crippen molar-refractivity contribution in [3.05, 3.63) is 60.7 Å². The molecule has 2 saturated heterocycles. The van der Waals surface area contributed by atoms with Crippen molar-refractivity contribution in [2.24, 2.45) is 11.8 Å². The highest BCUT2D eigenvalue weighted by atomic mass is 16.5. The van der Waals surface area contributed by atoms with E-state index in [1.807, 2.05) is 42.5 Å². The van der Waals surface area contributed by atoms with Crippen molar-refractivity contribution in [3.63, 3.8) is 0 Å². The van der Waals surface area contributed by atoms with E-state index in [1.54, 1.807) is 11.0 Å². The van der Waals surface area contributed by atoms with Gasteiger partial charge in [0.05, 0.1) is 17.9 Å². The van der Waals surface area contributed by atoms with Gasteiger partial charge in [-0.2, -0.15) is 0 Å². The number of amides is 3. The highest BCUT2D eigenvalue weighted by Crippen LogP contribution is 2.55. The Hall–Kier alpha value is -2.93. The summed E-state index contributed by atoms with van der Waals surface area (Å²) >= 11 is 0. The van der Waals surface area contributed by atoms with E-state index in [2.05, 4.69) is 17.2 Å². The Kier molecular flexibility index (Phi) is 5.83. The minimum absolute atomic E-state index is 0.120. The summed E-state index contributed by atoms with van der Waals surface area (Å²) in [6.45, 7) is 4.39. The van der Waals surface area contributed by atoms with Gasteiger partial charge >= 0.3 is 0 Å². The second-order valence-corrected chi connectivity index (χ2v) is 9.53. The Morgan fingerprint density at radius 1 is 1.15 bits per heavy atom. The number of ether oxygens (including phenoxy) is 1. The molecular weight excluding hydrogens is 418 g/mol. The zero-order valence-electron chi connectivity index (χ0n) is 18.7. The van der Waals surface area contributed by atoms with Crippen LogP contribution in [0.5, 0.6) is 0 Å². The van der Waals surface area contributed by atoms with Crippen LogP contribution >= 0.6 is 0 Å². The molecule has 1 aromatic rings. The number of nitrogens with zero attached hydrogens (tertiary/aromatic N) is 1. The van der Waals surface area contributed by atoms with Crippen LogP contribution in [0.4, 0.5) is 0 Å². The monoisotopic (exact) mass is 449 g/mol. The molecular formula is C26H31N3O4. The van der Waals surface area contributed by atoms with Gasteiger partial charge < -0.3 is 20.3 Å². The minimum Gasteiger partial charge on any atom is -0.359 e. The third kappa shape index (κ3) is 3.68. The van der Waals surface area contributed by atoms with Crippen molar-refractivity contribution in [2.75, 3.05) is 6.54 Å². The molecule has 7 heteroatoms. The number of fused-ring (bicyclic) bond motifs is 1. The van der Waals surface area contributed by atoms with Crippen LogP contribution in [0.25, 0.3) is 0 Å². The van der Waals surface area contributed by atoms with Gasteiger partial charge in [-0.1, -0.05) is 67.8 Å². The summed E-state index contributed by atoms with van der Waals surface area (Å²) in [7, 11) is 0. The first kappa shape index (κ1) is 21.9. The second kappa shape index (κ2) is 8.78. The molecule has 33 heavy (non-hydrogen) atoms. The van der Waals surface area contributed by atoms with Gasteiger partial charge in [0, 0.05) is 19.1 Å². The third-order valence-corrected chi connectivity index (χ3v) is 7.51. The summed E-state index contributed by atoms with van der Waals surface area (Å²) < 4.78 is 6.31. The molecule has 3 fully saturated rings. The van der Waals surface area contributed by atoms with Crippen LogP contribution in [0, 0.1) is 11.8 Å². The smallest absolute Gasteiger partial charge is 0.246 e. The number of benzene rings is 1. The molecule has 174 valence electrons. The largest absolute Gasteiger partial charge is 0.359 e. The Morgan fingerprint density at radius 3 is 2.64 bits per heavy atom. The molecule has 5 atom stereocenters. The first-order chi connectivity index (χ1) is 16.0. The quantitative estimate of drug-likeness (QED) is 0.624. The van der Waals surface area contributed by atoms with Crippen LogP contribution in [0.1, 0.15) is 37.7 Å². The molecule has 3 heterocycles. The zero-order chi connectivity index (χ0) is 23.0. The predicted molar refractivity (Wildman–Crippen MR) is 123 cm³/mol. The Morgan fingerprint density at radius 2 is 1.91 bits per heavy atom. The molecule has 7 nitrogen and oxygen atoms in total. The van der Waals surface area contributed by atoms with Crippen LogP contribution in [0.3, 0.4) is 0 Å². The summed E-state index contributed by atoms with van der Waals surface area (Å²) in [5.74, 6) is -2.02. The Labute approximate surface area is 194 Å². The van der Waals surface area contributed by atoms with E-state index in [-0.39, 0.29) is 30.3 Å². The van der Waals surface area contributed by atoms with E-state index < -0.39 is 29.6 Å². The number of carbonyl (C=O) groups is 3. The summed E-state index contributed by atoms with van der Waals surface area (Å²) in [6, 6.07) is 8.96. The Balaban J connectivity index is 1.38. The average molecular weight is 450 g/mol. The van der Waals surface area contributed by atoms with Gasteiger partial charge in [0.2, 0.25) is 17.7 Å². The van der Waals surface area contributed by atoms with Gasteiger partial charge in [-0.25, -0.2) is 0 Å². The zero-order valence-corrected chi connectivity index (χ0v) is 18.7. The average Bonchev–Trinajstić information content (AvgIpc) is 3.47. The normalized spacial score (nSPS) is 32.6. The van der Waals surface area contributed by atoms with E-state index in [0.29, 0.717) is 6.54 Å². The number of likely N-dealkylation sites (tertiary alicyclic amines) is 1. The molecule has 4 aliphatic rings. The van der Waals surface area contributed by atoms with E-state index >= 15 is 0 Å². The number of hydrogen-bond donors (Lipinski definition) is 2. The first-order valence-corrected chi connectivity index (χ1v) is 12.0. The van der Waals surface area contributed by atoms with Gasteiger partial charge in [0.1, 0.15) is 11.6 Å². The topological polar surface area (TPSA) is 87.7 Å². The SMILES string of the molecule is C=CCN1C(=O)C2C(C(=O)NCc3ccccc3)C3C=CC2(O3)C1C(=O)NC1CCCCC1.